The highest BCUT2D eigenvalue weighted by Gasteiger charge is 2.17. The van der Waals surface area contributed by atoms with Crippen molar-refractivity contribution in [1.29, 1.82) is 0 Å². The zero-order valence-corrected chi connectivity index (χ0v) is 15.1. The number of rotatable bonds is 6. The lowest BCUT2D eigenvalue weighted by Crippen LogP contribution is -2.22. The minimum Gasteiger partial charge on any atom is -0.486 e. The van der Waals surface area contributed by atoms with Gasteiger partial charge >= 0.3 is 5.97 Å². The molecule has 3 rings (SSSR count). The lowest BCUT2D eigenvalue weighted by molar-refractivity contribution is -0.385. The second-order valence-corrected chi connectivity index (χ2v) is 6.07. The summed E-state index contributed by atoms with van der Waals surface area (Å²) in [4.78, 5) is 34.4. The number of hydrogen-bond acceptors (Lipinski definition) is 7. The highest BCUT2D eigenvalue weighted by atomic mass is 16.6. The second-order valence-electron chi connectivity index (χ2n) is 6.07. The van der Waals surface area contributed by atoms with Gasteiger partial charge in [-0.2, -0.15) is 0 Å². The van der Waals surface area contributed by atoms with E-state index in [2.05, 4.69) is 5.32 Å². The summed E-state index contributed by atoms with van der Waals surface area (Å²) in [6.45, 7) is 1.96. The molecule has 9 nitrogen and oxygen atoms in total. The number of esters is 1. The summed E-state index contributed by atoms with van der Waals surface area (Å²) in [5, 5.41) is 13.5. The SMILES string of the molecule is Cc1c(NC(=O)COC(=O)Cc2ccc3c(c2)OCCO3)cccc1[N+](=O)[O-]. The van der Waals surface area contributed by atoms with E-state index in [1.54, 1.807) is 18.2 Å². The summed E-state index contributed by atoms with van der Waals surface area (Å²) in [5.41, 5.74) is 1.18. The van der Waals surface area contributed by atoms with Gasteiger partial charge in [-0.05, 0) is 30.7 Å². The Kier molecular flexibility index (Phi) is 5.73. The number of amides is 1. The quantitative estimate of drug-likeness (QED) is 0.460. The molecule has 1 N–H and O–H groups in total. The number of anilines is 1. The molecular weight excluding hydrogens is 368 g/mol. The van der Waals surface area contributed by atoms with Crippen molar-refractivity contribution >= 4 is 23.3 Å². The van der Waals surface area contributed by atoms with E-state index in [4.69, 9.17) is 14.2 Å². The van der Waals surface area contributed by atoms with Gasteiger partial charge in [0.15, 0.2) is 18.1 Å². The smallest absolute Gasteiger partial charge is 0.310 e. The number of nitrogens with one attached hydrogen (secondary N) is 1. The third kappa shape index (κ3) is 4.56. The molecule has 1 aliphatic heterocycles. The zero-order valence-electron chi connectivity index (χ0n) is 15.1. The average Bonchev–Trinajstić information content (AvgIpc) is 2.67. The van der Waals surface area contributed by atoms with Crippen LogP contribution in [0.2, 0.25) is 0 Å². The Hall–Kier alpha value is -3.62. The topological polar surface area (TPSA) is 117 Å². The predicted octanol–water partition coefficient (Wildman–Crippen LogP) is 2.40. The van der Waals surface area contributed by atoms with Crippen LogP contribution in [-0.2, 0) is 20.7 Å². The molecule has 0 saturated carbocycles. The molecular formula is C19H18N2O7. The van der Waals surface area contributed by atoms with Gasteiger partial charge in [0.2, 0.25) is 0 Å². The van der Waals surface area contributed by atoms with E-state index < -0.39 is 23.4 Å². The number of nitrogens with zero attached hydrogens (tertiary/aromatic N) is 1. The number of carbonyl (C=O) groups excluding carboxylic acids is 2. The van der Waals surface area contributed by atoms with Crippen molar-refractivity contribution in [3.8, 4) is 11.5 Å². The fourth-order valence-corrected chi connectivity index (χ4v) is 2.70. The van der Waals surface area contributed by atoms with Crippen LogP contribution in [0.1, 0.15) is 11.1 Å². The maximum atomic E-state index is 12.0. The maximum absolute atomic E-state index is 12.0. The Morgan fingerprint density at radius 3 is 2.68 bits per heavy atom. The van der Waals surface area contributed by atoms with Crippen LogP contribution in [0, 0.1) is 17.0 Å². The van der Waals surface area contributed by atoms with Crippen molar-refractivity contribution in [3.63, 3.8) is 0 Å². The normalized spacial score (nSPS) is 12.2. The first-order chi connectivity index (χ1) is 13.4. The minimum absolute atomic E-state index is 0.0280. The molecule has 0 unspecified atom stereocenters. The van der Waals surface area contributed by atoms with E-state index in [0.29, 0.717) is 41.5 Å². The van der Waals surface area contributed by atoms with Crippen molar-refractivity contribution < 1.29 is 28.7 Å². The molecule has 0 aliphatic carbocycles. The maximum Gasteiger partial charge on any atom is 0.310 e. The highest BCUT2D eigenvalue weighted by Crippen LogP contribution is 2.31. The highest BCUT2D eigenvalue weighted by molar-refractivity contribution is 5.94. The van der Waals surface area contributed by atoms with Crippen molar-refractivity contribution in [1.82, 2.24) is 0 Å². The molecule has 0 bridgehead atoms. The van der Waals surface area contributed by atoms with E-state index in [0.717, 1.165) is 0 Å². The number of ether oxygens (including phenoxy) is 3. The van der Waals surface area contributed by atoms with Crippen molar-refractivity contribution in [2.45, 2.75) is 13.3 Å². The van der Waals surface area contributed by atoms with Crippen molar-refractivity contribution in [2.75, 3.05) is 25.1 Å². The molecule has 28 heavy (non-hydrogen) atoms. The molecule has 0 atom stereocenters. The van der Waals surface area contributed by atoms with Crippen molar-refractivity contribution in [3.05, 3.63) is 57.6 Å². The third-order valence-electron chi connectivity index (χ3n) is 4.10. The molecule has 0 saturated heterocycles. The van der Waals surface area contributed by atoms with E-state index >= 15 is 0 Å². The monoisotopic (exact) mass is 386 g/mol. The first-order valence-corrected chi connectivity index (χ1v) is 8.52. The Labute approximate surface area is 160 Å². The van der Waals surface area contributed by atoms with Crippen LogP contribution in [-0.4, -0.2) is 36.6 Å². The summed E-state index contributed by atoms with van der Waals surface area (Å²) < 4.78 is 15.9. The van der Waals surface area contributed by atoms with Crippen LogP contribution in [0.5, 0.6) is 11.5 Å². The van der Waals surface area contributed by atoms with Gasteiger partial charge in [-0.3, -0.25) is 19.7 Å². The summed E-state index contributed by atoms with van der Waals surface area (Å²) in [6, 6.07) is 9.49. The largest absolute Gasteiger partial charge is 0.486 e. The molecule has 2 aromatic rings. The molecule has 2 aromatic carbocycles. The van der Waals surface area contributed by atoms with Gasteiger partial charge in [0.05, 0.1) is 22.6 Å². The van der Waals surface area contributed by atoms with Gasteiger partial charge < -0.3 is 19.5 Å². The van der Waals surface area contributed by atoms with E-state index in [9.17, 15) is 19.7 Å². The number of carbonyl (C=O) groups is 2. The molecule has 9 heteroatoms. The standard InChI is InChI=1S/C19H18N2O7/c1-12-14(3-2-4-15(12)21(24)25)20-18(22)11-28-19(23)10-13-5-6-16-17(9-13)27-8-7-26-16/h2-6,9H,7-8,10-11H2,1H3,(H,20,22). The number of hydrogen-bond donors (Lipinski definition) is 1. The summed E-state index contributed by atoms with van der Waals surface area (Å²) in [6.07, 6.45) is -0.0280. The molecule has 0 aromatic heterocycles. The molecule has 146 valence electrons. The van der Waals surface area contributed by atoms with E-state index in [1.807, 2.05) is 0 Å². The summed E-state index contributed by atoms with van der Waals surface area (Å²) >= 11 is 0. The van der Waals surface area contributed by atoms with Crippen LogP contribution < -0.4 is 14.8 Å². The van der Waals surface area contributed by atoms with Crippen molar-refractivity contribution in [2.24, 2.45) is 0 Å². The van der Waals surface area contributed by atoms with Crippen LogP contribution in [0.3, 0.4) is 0 Å². The first-order valence-electron chi connectivity index (χ1n) is 8.52. The van der Waals surface area contributed by atoms with Gasteiger partial charge in [-0.25, -0.2) is 0 Å². The minimum atomic E-state index is -0.584. The van der Waals surface area contributed by atoms with Crippen LogP contribution >= 0.6 is 0 Å². The number of benzene rings is 2. The molecule has 1 heterocycles. The summed E-state index contributed by atoms with van der Waals surface area (Å²) in [7, 11) is 0. The lowest BCUT2D eigenvalue weighted by Gasteiger charge is -2.18. The number of nitro benzene ring substituents is 1. The van der Waals surface area contributed by atoms with E-state index in [-0.39, 0.29) is 12.1 Å². The van der Waals surface area contributed by atoms with E-state index in [1.165, 1.54) is 25.1 Å². The first kappa shape index (κ1) is 19.2. The number of fused-ring (bicyclic) bond motifs is 1. The fraction of sp³-hybridized carbons (Fsp3) is 0.263. The molecule has 0 spiro atoms. The molecule has 1 aliphatic rings. The Bertz CT molecular complexity index is 926. The Morgan fingerprint density at radius 1 is 1.18 bits per heavy atom. The molecule has 0 radical (unpaired) electrons. The van der Waals surface area contributed by atoms with Gasteiger partial charge in [-0.1, -0.05) is 12.1 Å². The van der Waals surface area contributed by atoms with Gasteiger partial charge in [-0.15, -0.1) is 0 Å². The Morgan fingerprint density at radius 2 is 1.93 bits per heavy atom. The summed E-state index contributed by atoms with van der Waals surface area (Å²) in [5.74, 6) is 0.0206. The number of nitro groups is 1. The lowest BCUT2D eigenvalue weighted by atomic mass is 10.1. The van der Waals surface area contributed by atoms with Gasteiger partial charge in [0, 0.05) is 6.07 Å². The van der Waals surface area contributed by atoms with Gasteiger partial charge in [0.1, 0.15) is 13.2 Å². The Balaban J connectivity index is 1.53. The average molecular weight is 386 g/mol. The molecule has 1 amide bonds. The zero-order chi connectivity index (χ0) is 20.1. The fourth-order valence-electron chi connectivity index (χ4n) is 2.70. The van der Waals surface area contributed by atoms with Crippen LogP contribution in [0.4, 0.5) is 11.4 Å². The predicted molar refractivity (Wildman–Crippen MR) is 98.6 cm³/mol. The third-order valence-corrected chi connectivity index (χ3v) is 4.10. The van der Waals surface area contributed by atoms with Crippen LogP contribution in [0.15, 0.2) is 36.4 Å². The molecule has 0 fully saturated rings. The van der Waals surface area contributed by atoms with Crippen LogP contribution in [0.25, 0.3) is 0 Å². The second kappa shape index (κ2) is 8.38. The van der Waals surface area contributed by atoms with Gasteiger partial charge in [0.25, 0.3) is 11.6 Å².